The first-order valence-corrected chi connectivity index (χ1v) is 10.9. The number of halogens is 2. The van der Waals surface area contributed by atoms with E-state index in [2.05, 4.69) is 5.32 Å². The van der Waals surface area contributed by atoms with Crippen LogP contribution in [0.3, 0.4) is 0 Å². The van der Waals surface area contributed by atoms with E-state index in [1.807, 2.05) is 6.07 Å². The average molecular weight is 491 g/mol. The Morgan fingerprint density at radius 2 is 2.06 bits per heavy atom. The summed E-state index contributed by atoms with van der Waals surface area (Å²) in [6, 6.07) is 9.67. The summed E-state index contributed by atoms with van der Waals surface area (Å²) >= 11 is 5.82. The molecule has 0 spiro atoms. The minimum Gasteiger partial charge on any atom is -0.496 e. The average Bonchev–Trinajstić information content (AvgIpc) is 3.17. The molecule has 1 aliphatic rings. The van der Waals surface area contributed by atoms with Crippen molar-refractivity contribution in [3.8, 4) is 11.5 Å². The predicted molar refractivity (Wildman–Crippen MR) is 123 cm³/mol. The van der Waals surface area contributed by atoms with Crippen LogP contribution in [-0.2, 0) is 16.1 Å². The van der Waals surface area contributed by atoms with E-state index in [-0.39, 0.29) is 37.1 Å². The first-order valence-electron chi connectivity index (χ1n) is 10.6. The fourth-order valence-electron chi connectivity index (χ4n) is 3.93. The lowest BCUT2D eigenvalue weighted by molar-refractivity contribution is -0.133. The summed E-state index contributed by atoms with van der Waals surface area (Å²) in [6.07, 6.45) is 0. The Balaban J connectivity index is 1.64. The van der Waals surface area contributed by atoms with Gasteiger partial charge in [0.1, 0.15) is 23.8 Å². The molecule has 3 aromatic rings. The molecule has 4 rings (SSSR count). The lowest BCUT2D eigenvalue weighted by Gasteiger charge is -2.37. The van der Waals surface area contributed by atoms with Gasteiger partial charge < -0.3 is 28.8 Å². The topological polar surface area (TPSA) is 90.2 Å². The molecule has 10 heteroatoms. The molecule has 180 valence electrons. The molecule has 1 atom stereocenters. The molecule has 1 aromatic heterocycles. The summed E-state index contributed by atoms with van der Waals surface area (Å²) in [5.41, 5.74) is -0.503. The minimum absolute atomic E-state index is 0.0234. The highest BCUT2D eigenvalue weighted by atomic mass is 35.5. The number of rotatable bonds is 7. The smallest absolute Gasteiger partial charge is 0.294 e. The van der Waals surface area contributed by atoms with Gasteiger partial charge in [0.2, 0.25) is 11.7 Å². The summed E-state index contributed by atoms with van der Waals surface area (Å²) in [7, 11) is 2.93. The van der Waals surface area contributed by atoms with Gasteiger partial charge in [0, 0.05) is 31.8 Å². The summed E-state index contributed by atoms with van der Waals surface area (Å²) < 4.78 is 36.2. The van der Waals surface area contributed by atoms with Crippen molar-refractivity contribution in [2.45, 2.75) is 19.0 Å². The van der Waals surface area contributed by atoms with Crippen LogP contribution in [0, 0.1) is 5.82 Å². The summed E-state index contributed by atoms with van der Waals surface area (Å²) in [5.74, 6) is -0.982. The number of methoxy groups -OCH3 is 2. The number of hydrogen-bond acceptors (Lipinski definition) is 6. The molecule has 2 aromatic carbocycles. The lowest BCUT2D eigenvalue weighted by atomic mass is 9.99. The molecule has 2 amide bonds. The first kappa shape index (κ1) is 23.8. The van der Waals surface area contributed by atoms with Gasteiger partial charge in [0.25, 0.3) is 5.91 Å². The third-order valence-electron chi connectivity index (χ3n) is 5.85. The standard InChI is InChI=1S/C24H24ClFN2O6/c1-24(23(30)27-12-14-10-17(26)16(25)11-19(14)32-3)13-33-20-15-6-4-5-7-18(15)34-21(20)22(29)28(24)8-9-31-2/h4-7,10-11H,8-9,12-13H2,1-3H3,(H,27,30). The van der Waals surface area contributed by atoms with Gasteiger partial charge in [-0.25, -0.2) is 4.39 Å². The number of ether oxygens (including phenoxy) is 3. The van der Waals surface area contributed by atoms with E-state index in [1.54, 1.807) is 25.1 Å². The molecule has 8 nitrogen and oxygen atoms in total. The monoisotopic (exact) mass is 490 g/mol. The molecule has 0 saturated heterocycles. The highest BCUT2D eigenvalue weighted by molar-refractivity contribution is 6.30. The normalized spacial score (nSPS) is 17.8. The Bertz CT molecular complexity index is 1250. The number of nitrogens with one attached hydrogen (secondary N) is 1. The van der Waals surface area contributed by atoms with Crippen LogP contribution in [0.4, 0.5) is 4.39 Å². The van der Waals surface area contributed by atoms with Crippen LogP contribution in [0.1, 0.15) is 23.0 Å². The molecule has 1 N–H and O–H groups in total. The maximum Gasteiger partial charge on any atom is 0.294 e. The molecule has 34 heavy (non-hydrogen) atoms. The first-order chi connectivity index (χ1) is 16.3. The minimum atomic E-state index is -1.41. The van der Waals surface area contributed by atoms with Gasteiger partial charge in [-0.3, -0.25) is 9.59 Å². The molecule has 0 radical (unpaired) electrons. The van der Waals surface area contributed by atoms with Crippen molar-refractivity contribution in [2.24, 2.45) is 0 Å². The molecular formula is C24H24ClFN2O6. The van der Waals surface area contributed by atoms with Gasteiger partial charge in [-0.15, -0.1) is 0 Å². The van der Waals surface area contributed by atoms with E-state index >= 15 is 0 Å². The fourth-order valence-corrected chi connectivity index (χ4v) is 4.08. The van der Waals surface area contributed by atoms with Crippen molar-refractivity contribution in [1.29, 1.82) is 0 Å². The number of hydrogen-bond donors (Lipinski definition) is 1. The van der Waals surface area contributed by atoms with Crippen LogP contribution in [0.25, 0.3) is 11.0 Å². The van der Waals surface area contributed by atoms with Crippen molar-refractivity contribution < 1.29 is 32.6 Å². The third-order valence-corrected chi connectivity index (χ3v) is 6.14. The maximum atomic E-state index is 14.0. The number of carbonyl (C=O) groups is 2. The van der Waals surface area contributed by atoms with Crippen molar-refractivity contribution in [2.75, 3.05) is 34.0 Å². The second kappa shape index (κ2) is 9.52. The molecular weight excluding hydrogens is 467 g/mol. The third kappa shape index (κ3) is 4.17. The Kier molecular flexibility index (Phi) is 6.67. The van der Waals surface area contributed by atoms with E-state index in [1.165, 1.54) is 31.3 Å². The zero-order chi connectivity index (χ0) is 24.5. The highest BCUT2D eigenvalue weighted by Crippen LogP contribution is 2.38. The number of carbonyl (C=O) groups excluding carboxylic acids is 2. The Morgan fingerprint density at radius 3 is 2.79 bits per heavy atom. The van der Waals surface area contributed by atoms with Crippen molar-refractivity contribution in [3.63, 3.8) is 0 Å². The van der Waals surface area contributed by atoms with Gasteiger partial charge in [0.05, 0.1) is 24.1 Å². The molecule has 2 heterocycles. The molecule has 0 fully saturated rings. The molecule has 1 unspecified atom stereocenters. The van der Waals surface area contributed by atoms with Crippen LogP contribution in [-0.4, -0.2) is 56.2 Å². The van der Waals surface area contributed by atoms with Crippen LogP contribution in [0.5, 0.6) is 11.5 Å². The van der Waals surface area contributed by atoms with Gasteiger partial charge in [-0.1, -0.05) is 23.7 Å². The highest BCUT2D eigenvalue weighted by Gasteiger charge is 2.47. The van der Waals surface area contributed by atoms with Gasteiger partial charge in [0.15, 0.2) is 11.3 Å². The Morgan fingerprint density at radius 1 is 1.29 bits per heavy atom. The SMILES string of the molecule is COCCN1C(=O)c2oc3ccccc3c2OCC1(C)C(=O)NCc1cc(F)c(Cl)cc1OC. The van der Waals surface area contributed by atoms with Gasteiger partial charge >= 0.3 is 0 Å². The van der Waals surface area contributed by atoms with E-state index < -0.39 is 23.2 Å². The van der Waals surface area contributed by atoms with Crippen molar-refractivity contribution in [1.82, 2.24) is 10.2 Å². The summed E-state index contributed by atoms with van der Waals surface area (Å²) in [5, 5.41) is 3.32. The van der Waals surface area contributed by atoms with Crippen molar-refractivity contribution in [3.05, 3.63) is 58.6 Å². The number of fused-ring (bicyclic) bond motifs is 3. The van der Waals surface area contributed by atoms with Gasteiger partial charge in [-0.2, -0.15) is 0 Å². The van der Waals surface area contributed by atoms with E-state index in [4.69, 9.17) is 30.2 Å². The van der Waals surface area contributed by atoms with Crippen LogP contribution in [0.15, 0.2) is 40.8 Å². The summed E-state index contributed by atoms with van der Waals surface area (Å²) in [6.45, 7) is 1.74. The van der Waals surface area contributed by atoms with Crippen molar-refractivity contribution >= 4 is 34.4 Å². The maximum absolute atomic E-state index is 14.0. The number of para-hydroxylation sites is 1. The molecule has 0 bridgehead atoms. The summed E-state index contributed by atoms with van der Waals surface area (Å²) in [4.78, 5) is 28.3. The lowest BCUT2D eigenvalue weighted by Crippen LogP contribution is -2.61. The molecule has 0 aliphatic carbocycles. The zero-order valence-electron chi connectivity index (χ0n) is 18.9. The van der Waals surface area contributed by atoms with Crippen LogP contribution >= 0.6 is 11.6 Å². The fraction of sp³-hybridized carbons (Fsp3) is 0.333. The van der Waals surface area contributed by atoms with E-state index in [0.717, 1.165) is 0 Å². The van der Waals surface area contributed by atoms with E-state index in [9.17, 15) is 14.0 Å². The van der Waals surface area contributed by atoms with Crippen LogP contribution < -0.4 is 14.8 Å². The Labute approximate surface area is 200 Å². The zero-order valence-corrected chi connectivity index (χ0v) is 19.7. The number of benzene rings is 2. The molecule has 0 saturated carbocycles. The second-order valence-corrected chi connectivity index (χ2v) is 8.44. The number of nitrogens with zero attached hydrogens (tertiary/aromatic N) is 1. The number of amides is 2. The number of furan rings is 1. The van der Waals surface area contributed by atoms with E-state index in [0.29, 0.717) is 28.0 Å². The quantitative estimate of drug-likeness (QED) is 0.542. The largest absolute Gasteiger partial charge is 0.496 e. The predicted octanol–water partition coefficient (Wildman–Crippen LogP) is 3.79. The second-order valence-electron chi connectivity index (χ2n) is 8.03. The Hall–Kier alpha value is -3.30. The van der Waals surface area contributed by atoms with Gasteiger partial charge in [-0.05, 0) is 25.1 Å². The molecule has 1 aliphatic heterocycles. The van der Waals surface area contributed by atoms with Crippen LogP contribution in [0.2, 0.25) is 5.02 Å².